The van der Waals surface area contributed by atoms with Crippen LogP contribution in [-0.2, 0) is 4.74 Å². The van der Waals surface area contributed by atoms with Gasteiger partial charge in [-0.3, -0.25) is 4.79 Å². The van der Waals surface area contributed by atoms with Gasteiger partial charge in [-0.1, -0.05) is 0 Å². The second-order valence-corrected chi connectivity index (χ2v) is 5.59. The Morgan fingerprint density at radius 2 is 2.10 bits per heavy atom. The minimum Gasteiger partial charge on any atom is -0.455 e. The van der Waals surface area contributed by atoms with Gasteiger partial charge in [0.15, 0.2) is 12.0 Å². The Morgan fingerprint density at radius 1 is 1.43 bits per heavy atom. The normalized spacial score (nSPS) is 14.3. The van der Waals surface area contributed by atoms with Crippen molar-refractivity contribution in [2.24, 2.45) is 0 Å². The van der Waals surface area contributed by atoms with Gasteiger partial charge in [-0.2, -0.15) is 0 Å². The standard InChI is InChI=1S/C14H21NO6/c1-14(2,3)21-13(19)15-7-6-10(17)12(18)11-5-4-9(8-16)20-11/h4-5,8,10,12,17-18H,6-7H2,1-3H3,(H,15,19). The average Bonchev–Trinajstić information content (AvgIpc) is 2.84. The van der Waals surface area contributed by atoms with E-state index in [-0.39, 0.29) is 24.5 Å². The number of carbonyl (C=O) groups excluding carboxylic acids is 2. The largest absolute Gasteiger partial charge is 0.455 e. The van der Waals surface area contributed by atoms with Crippen molar-refractivity contribution in [1.29, 1.82) is 0 Å². The Morgan fingerprint density at radius 3 is 2.62 bits per heavy atom. The van der Waals surface area contributed by atoms with Gasteiger partial charge in [-0.25, -0.2) is 4.79 Å². The van der Waals surface area contributed by atoms with Crippen molar-refractivity contribution >= 4 is 12.4 Å². The van der Waals surface area contributed by atoms with Gasteiger partial charge < -0.3 is 24.7 Å². The first-order chi connectivity index (χ1) is 9.73. The van der Waals surface area contributed by atoms with E-state index in [9.17, 15) is 19.8 Å². The summed E-state index contributed by atoms with van der Waals surface area (Å²) in [4.78, 5) is 21.9. The Bertz CT molecular complexity index is 476. The summed E-state index contributed by atoms with van der Waals surface area (Å²) in [6.07, 6.45) is -2.38. The number of carbonyl (C=O) groups is 2. The molecule has 0 radical (unpaired) electrons. The molecule has 7 nitrogen and oxygen atoms in total. The number of amides is 1. The lowest BCUT2D eigenvalue weighted by Crippen LogP contribution is -2.34. The lowest BCUT2D eigenvalue weighted by molar-refractivity contribution is 0.000101. The summed E-state index contributed by atoms with van der Waals surface area (Å²) in [5.41, 5.74) is -0.596. The molecule has 3 N–H and O–H groups in total. The van der Waals surface area contributed by atoms with Crippen molar-refractivity contribution in [3.63, 3.8) is 0 Å². The van der Waals surface area contributed by atoms with Crippen LogP contribution < -0.4 is 5.32 Å². The van der Waals surface area contributed by atoms with Gasteiger partial charge in [0.2, 0.25) is 0 Å². The van der Waals surface area contributed by atoms with Crippen molar-refractivity contribution in [2.45, 2.75) is 45.0 Å². The highest BCUT2D eigenvalue weighted by Crippen LogP contribution is 2.20. The van der Waals surface area contributed by atoms with Crippen molar-refractivity contribution < 1.29 is 29.0 Å². The summed E-state index contributed by atoms with van der Waals surface area (Å²) in [7, 11) is 0. The predicted molar refractivity (Wildman–Crippen MR) is 73.9 cm³/mol. The van der Waals surface area contributed by atoms with Gasteiger partial charge >= 0.3 is 6.09 Å². The van der Waals surface area contributed by atoms with Crippen molar-refractivity contribution in [1.82, 2.24) is 5.32 Å². The van der Waals surface area contributed by atoms with Crippen LogP contribution >= 0.6 is 0 Å². The zero-order chi connectivity index (χ0) is 16.0. The monoisotopic (exact) mass is 299 g/mol. The molecular formula is C14H21NO6. The van der Waals surface area contributed by atoms with E-state index in [1.54, 1.807) is 20.8 Å². The van der Waals surface area contributed by atoms with Crippen LogP contribution in [0.25, 0.3) is 0 Å². The number of ether oxygens (including phenoxy) is 1. The maximum Gasteiger partial charge on any atom is 0.407 e. The van der Waals surface area contributed by atoms with Crippen LogP contribution in [0.15, 0.2) is 16.5 Å². The Labute approximate surface area is 122 Å². The van der Waals surface area contributed by atoms with Crippen LogP contribution in [0.5, 0.6) is 0 Å². The molecule has 1 heterocycles. The first-order valence-corrected chi connectivity index (χ1v) is 6.61. The molecule has 2 atom stereocenters. The first-order valence-electron chi connectivity index (χ1n) is 6.61. The number of hydrogen-bond donors (Lipinski definition) is 3. The van der Waals surface area contributed by atoms with E-state index in [1.807, 2.05) is 0 Å². The molecule has 0 aromatic carbocycles. The molecule has 1 aromatic heterocycles. The highest BCUT2D eigenvalue weighted by molar-refractivity contribution is 5.70. The molecule has 2 unspecified atom stereocenters. The van der Waals surface area contributed by atoms with Crippen molar-refractivity contribution in [3.05, 3.63) is 23.7 Å². The van der Waals surface area contributed by atoms with E-state index in [0.29, 0.717) is 6.29 Å². The molecule has 1 rings (SSSR count). The number of rotatable bonds is 6. The predicted octanol–water partition coefficient (Wildman–Crippen LogP) is 1.40. The third-order valence-corrected chi connectivity index (χ3v) is 2.53. The molecule has 0 saturated carbocycles. The number of aliphatic hydroxyl groups excluding tert-OH is 2. The summed E-state index contributed by atoms with van der Waals surface area (Å²) >= 11 is 0. The molecule has 118 valence electrons. The average molecular weight is 299 g/mol. The Kier molecular flexibility index (Phi) is 5.92. The quantitative estimate of drug-likeness (QED) is 0.685. The zero-order valence-electron chi connectivity index (χ0n) is 12.3. The summed E-state index contributed by atoms with van der Waals surface area (Å²) in [6.45, 7) is 5.36. The lowest BCUT2D eigenvalue weighted by atomic mass is 10.1. The van der Waals surface area contributed by atoms with Crippen LogP contribution in [0.4, 0.5) is 4.79 Å². The van der Waals surface area contributed by atoms with Gasteiger partial charge in [-0.15, -0.1) is 0 Å². The van der Waals surface area contributed by atoms with Crippen molar-refractivity contribution in [3.8, 4) is 0 Å². The first kappa shape index (κ1) is 17.2. The number of alkyl carbamates (subject to hydrolysis) is 1. The SMILES string of the molecule is CC(C)(C)OC(=O)NCCC(O)C(O)c1ccc(C=O)o1. The second-order valence-electron chi connectivity index (χ2n) is 5.59. The number of aliphatic hydroxyl groups is 2. The van der Waals surface area contributed by atoms with E-state index in [4.69, 9.17) is 9.15 Å². The van der Waals surface area contributed by atoms with Crippen LogP contribution in [-0.4, -0.2) is 40.8 Å². The highest BCUT2D eigenvalue weighted by atomic mass is 16.6. The summed E-state index contributed by atoms with van der Waals surface area (Å²) in [6, 6.07) is 2.82. The highest BCUT2D eigenvalue weighted by Gasteiger charge is 2.22. The fraction of sp³-hybridized carbons (Fsp3) is 0.571. The molecular weight excluding hydrogens is 278 g/mol. The zero-order valence-corrected chi connectivity index (χ0v) is 12.3. The molecule has 0 fully saturated rings. The van der Waals surface area contributed by atoms with Gasteiger partial charge in [0.1, 0.15) is 17.5 Å². The van der Waals surface area contributed by atoms with E-state index in [2.05, 4.69) is 5.32 Å². The molecule has 0 aliphatic rings. The van der Waals surface area contributed by atoms with Crippen LogP contribution in [0, 0.1) is 0 Å². The Hall–Kier alpha value is -1.86. The number of nitrogens with one attached hydrogen (secondary N) is 1. The second kappa shape index (κ2) is 7.24. The van der Waals surface area contributed by atoms with E-state index in [1.165, 1.54) is 12.1 Å². The third-order valence-electron chi connectivity index (χ3n) is 2.53. The lowest BCUT2D eigenvalue weighted by Gasteiger charge is -2.20. The molecule has 1 aromatic rings. The van der Waals surface area contributed by atoms with Crippen LogP contribution in [0.3, 0.4) is 0 Å². The third kappa shape index (κ3) is 5.97. The molecule has 0 saturated heterocycles. The molecule has 0 bridgehead atoms. The summed E-state index contributed by atoms with van der Waals surface area (Å²) < 4.78 is 10.0. The van der Waals surface area contributed by atoms with Crippen molar-refractivity contribution in [2.75, 3.05) is 6.54 Å². The maximum atomic E-state index is 11.4. The van der Waals surface area contributed by atoms with Crippen LogP contribution in [0.1, 0.15) is 49.6 Å². The minimum absolute atomic E-state index is 0.0723. The van der Waals surface area contributed by atoms with E-state index < -0.39 is 23.9 Å². The molecule has 0 aliphatic carbocycles. The van der Waals surface area contributed by atoms with Gasteiger partial charge in [0.25, 0.3) is 0 Å². The van der Waals surface area contributed by atoms with Crippen LogP contribution in [0.2, 0.25) is 0 Å². The van der Waals surface area contributed by atoms with E-state index >= 15 is 0 Å². The number of aldehydes is 1. The minimum atomic E-state index is -1.26. The fourth-order valence-electron chi connectivity index (χ4n) is 1.57. The summed E-state index contributed by atoms with van der Waals surface area (Å²) in [5.74, 6) is 0.171. The molecule has 0 spiro atoms. The topological polar surface area (TPSA) is 109 Å². The molecule has 1 amide bonds. The number of furan rings is 1. The van der Waals surface area contributed by atoms with Gasteiger partial charge in [0.05, 0.1) is 6.10 Å². The molecule has 0 aliphatic heterocycles. The molecule has 7 heteroatoms. The maximum absolute atomic E-state index is 11.4. The fourth-order valence-corrected chi connectivity index (χ4v) is 1.57. The van der Waals surface area contributed by atoms with Gasteiger partial charge in [-0.05, 0) is 39.3 Å². The number of hydrogen-bond acceptors (Lipinski definition) is 6. The Balaban J connectivity index is 2.38. The smallest absolute Gasteiger partial charge is 0.407 e. The molecule has 21 heavy (non-hydrogen) atoms. The van der Waals surface area contributed by atoms with E-state index in [0.717, 1.165) is 0 Å². The van der Waals surface area contributed by atoms with Gasteiger partial charge in [0, 0.05) is 6.54 Å². The summed E-state index contributed by atoms with van der Waals surface area (Å²) in [5, 5.41) is 22.1.